The Morgan fingerprint density at radius 2 is 1.61 bits per heavy atom. The molecule has 11 nitrogen and oxygen atoms in total. The normalized spacial score (nSPS) is 48.9. The highest BCUT2D eigenvalue weighted by Gasteiger charge is 2.74. The molecule has 46 heavy (non-hydrogen) atoms. The minimum Gasteiger partial charge on any atom is -0.324 e. The Hall–Kier alpha value is -0.640. The first-order valence-corrected chi connectivity index (χ1v) is 20.0. The van der Waals surface area contributed by atoms with Crippen LogP contribution < -0.4 is 0 Å². The summed E-state index contributed by atoms with van der Waals surface area (Å²) in [5.41, 5.74) is 0.408. The number of hydrogen-bond acceptors (Lipinski definition) is 9. The first-order chi connectivity index (χ1) is 21.3. The predicted molar refractivity (Wildman–Crippen MR) is 169 cm³/mol. The van der Waals surface area contributed by atoms with Crippen LogP contribution in [0.3, 0.4) is 0 Å². The van der Waals surface area contributed by atoms with Crippen LogP contribution in [0.5, 0.6) is 0 Å². The van der Waals surface area contributed by atoms with E-state index in [1.165, 1.54) is 5.57 Å². The van der Waals surface area contributed by atoms with Crippen LogP contribution in [-0.2, 0) is 43.4 Å². The van der Waals surface area contributed by atoms with Gasteiger partial charge in [0.15, 0.2) is 0 Å². The van der Waals surface area contributed by atoms with E-state index in [1.807, 2.05) is 0 Å². The molecule has 2 N–H and O–H groups in total. The van der Waals surface area contributed by atoms with Crippen LogP contribution in [-0.4, -0.2) is 61.9 Å². The van der Waals surface area contributed by atoms with Crippen molar-refractivity contribution in [2.75, 3.05) is 0 Å². The fourth-order valence-electron chi connectivity index (χ4n) is 11.8. The van der Waals surface area contributed by atoms with Gasteiger partial charge in [-0.3, -0.25) is 9.11 Å². The van der Waals surface area contributed by atoms with Gasteiger partial charge in [0.05, 0.1) is 12.2 Å². The highest BCUT2D eigenvalue weighted by molar-refractivity contribution is 7.81. The summed E-state index contributed by atoms with van der Waals surface area (Å²) >= 11 is 0. The van der Waals surface area contributed by atoms with E-state index in [2.05, 4.69) is 54.5 Å². The van der Waals surface area contributed by atoms with Crippen LogP contribution in [0.2, 0.25) is 0 Å². The third-order valence-corrected chi connectivity index (χ3v) is 14.5. The molecule has 4 saturated carbocycles. The third-order valence-electron chi connectivity index (χ3n) is 13.5. The van der Waals surface area contributed by atoms with Gasteiger partial charge in [-0.25, -0.2) is 8.37 Å². The smallest absolute Gasteiger partial charge is 0.324 e. The lowest BCUT2D eigenvalue weighted by Crippen LogP contribution is -2.61. The summed E-state index contributed by atoms with van der Waals surface area (Å²) in [6.07, 6.45) is 6.95. The summed E-state index contributed by atoms with van der Waals surface area (Å²) in [4.78, 5) is 0. The minimum atomic E-state index is -4.89. The predicted octanol–water partition coefficient (Wildman–Crippen LogP) is 6.26. The van der Waals surface area contributed by atoms with Gasteiger partial charge in [0.2, 0.25) is 0 Å². The lowest BCUT2D eigenvalue weighted by Gasteiger charge is -2.62. The van der Waals surface area contributed by atoms with E-state index >= 15 is 0 Å². The van der Waals surface area contributed by atoms with E-state index in [9.17, 15) is 25.9 Å². The Morgan fingerprint density at radius 3 is 2.22 bits per heavy atom. The summed E-state index contributed by atoms with van der Waals surface area (Å²) in [6.45, 7) is 15.5. The summed E-state index contributed by atoms with van der Waals surface area (Å²) in [6, 6.07) is 0. The minimum absolute atomic E-state index is 0.00260. The molecule has 6 aliphatic rings. The molecular weight excluding hydrogens is 636 g/mol. The summed E-state index contributed by atoms with van der Waals surface area (Å²) in [7, 11) is -9.75. The maximum absolute atomic E-state index is 11.8. The van der Waals surface area contributed by atoms with Crippen LogP contribution in [0.1, 0.15) is 113 Å². The van der Waals surface area contributed by atoms with Gasteiger partial charge in [0.1, 0.15) is 17.8 Å². The molecule has 6 unspecified atom stereocenters. The first kappa shape index (κ1) is 35.2. The SMILES string of the molecule is C/C=C(/CC1OC2(CCC)OC3C[C@H]4C5CC[C@H]6C[C@H](OS(=O)(=O)O)[C@@H](OS(=O)(=O)O)C[C@]6(C)C5CC[C@]4(C)C3[C@@]1(C)O2)C(C)C. The summed E-state index contributed by atoms with van der Waals surface area (Å²) in [5, 5.41) is 0. The van der Waals surface area contributed by atoms with Crippen molar-refractivity contribution in [3.8, 4) is 0 Å². The molecule has 13 atom stereocenters. The van der Waals surface area contributed by atoms with Crippen molar-refractivity contribution in [2.45, 2.75) is 149 Å². The highest BCUT2D eigenvalue weighted by atomic mass is 32.3. The number of hydrogen-bond donors (Lipinski definition) is 2. The van der Waals surface area contributed by atoms with Gasteiger partial charge in [-0.1, -0.05) is 46.3 Å². The summed E-state index contributed by atoms with van der Waals surface area (Å²) in [5.74, 6) is 0.506. The van der Waals surface area contributed by atoms with Crippen LogP contribution in [0.15, 0.2) is 11.6 Å². The molecular formula is C33H54O11S2. The lowest BCUT2D eigenvalue weighted by molar-refractivity contribution is -0.403. The van der Waals surface area contributed by atoms with E-state index in [-0.39, 0.29) is 53.6 Å². The summed E-state index contributed by atoms with van der Waals surface area (Å²) < 4.78 is 96.7. The third kappa shape index (κ3) is 5.85. The zero-order valence-electron chi connectivity index (χ0n) is 28.3. The van der Waals surface area contributed by atoms with Crippen molar-refractivity contribution < 1.29 is 48.5 Å². The Bertz CT molecular complexity index is 1430. The van der Waals surface area contributed by atoms with Crippen LogP contribution in [0.25, 0.3) is 0 Å². The zero-order chi connectivity index (χ0) is 33.7. The fourth-order valence-corrected chi connectivity index (χ4v) is 12.8. The standard InChI is InChI=1S/C33H54O11S2/c1-8-13-33-40-26-17-24-22-11-10-21-16-25(42-45(34,35)36)27(43-46(37,38)39)18-31(21,6)23(22)12-14-30(24,5)29(26)32(7,44-33)28(41-33)15-20(9-2)19(3)4/h9,19,21-29H,8,10-18H2,1-7H3,(H,34,35,36)(H,37,38,39)/b20-9-/t21-,22?,23?,24-,25-,26?,27-,28?,29?,30-,31-,32-,33?/m0/s1. The lowest BCUT2D eigenvalue weighted by atomic mass is 9.44. The molecule has 0 aromatic rings. The highest BCUT2D eigenvalue weighted by Crippen LogP contribution is 2.72. The van der Waals surface area contributed by atoms with Crippen LogP contribution in [0, 0.1) is 46.3 Å². The maximum Gasteiger partial charge on any atom is 0.397 e. The number of fused-ring (bicyclic) bond motifs is 10. The molecule has 6 fully saturated rings. The average Bonchev–Trinajstić information content (AvgIpc) is 3.33. The van der Waals surface area contributed by atoms with Gasteiger partial charge >= 0.3 is 20.8 Å². The van der Waals surface area contributed by atoms with E-state index in [4.69, 9.17) is 22.6 Å². The largest absolute Gasteiger partial charge is 0.397 e. The van der Waals surface area contributed by atoms with Crippen LogP contribution in [0.4, 0.5) is 0 Å². The van der Waals surface area contributed by atoms with Gasteiger partial charge in [-0.2, -0.15) is 16.8 Å². The van der Waals surface area contributed by atoms with Gasteiger partial charge in [-0.05, 0) is 112 Å². The topological polar surface area (TPSA) is 155 Å². The quantitative estimate of drug-likeness (QED) is 0.208. The molecule has 0 aromatic heterocycles. The number of ether oxygens (including phenoxy) is 3. The molecule has 0 aromatic carbocycles. The molecule has 6 rings (SSSR count). The van der Waals surface area contributed by atoms with Crippen molar-refractivity contribution in [3.63, 3.8) is 0 Å². The number of rotatable bonds is 9. The first-order valence-electron chi connectivity index (χ1n) is 17.3. The monoisotopic (exact) mass is 690 g/mol. The van der Waals surface area contributed by atoms with Crippen molar-refractivity contribution in [2.24, 2.45) is 46.3 Å². The second-order valence-corrected chi connectivity index (χ2v) is 18.3. The van der Waals surface area contributed by atoms with Crippen LogP contribution >= 0.6 is 0 Å². The molecule has 0 spiro atoms. The zero-order valence-corrected chi connectivity index (χ0v) is 29.9. The molecule has 2 saturated heterocycles. The maximum atomic E-state index is 11.8. The fraction of sp³-hybridized carbons (Fsp3) is 0.939. The molecule has 264 valence electrons. The van der Waals surface area contributed by atoms with Crippen molar-refractivity contribution in [1.29, 1.82) is 0 Å². The molecule has 0 radical (unpaired) electrons. The Kier molecular flexibility index (Phi) is 8.97. The van der Waals surface area contributed by atoms with Crippen molar-refractivity contribution >= 4 is 20.8 Å². The van der Waals surface area contributed by atoms with E-state index in [1.54, 1.807) is 0 Å². The van der Waals surface area contributed by atoms with E-state index in [0.29, 0.717) is 24.2 Å². The molecule has 13 heteroatoms. The molecule has 2 aliphatic heterocycles. The average molecular weight is 691 g/mol. The Balaban J connectivity index is 1.31. The van der Waals surface area contributed by atoms with E-state index < -0.39 is 44.6 Å². The molecule has 0 amide bonds. The van der Waals surface area contributed by atoms with Gasteiger partial charge in [0, 0.05) is 12.3 Å². The molecule has 4 aliphatic carbocycles. The second kappa shape index (κ2) is 11.7. The van der Waals surface area contributed by atoms with Gasteiger partial charge in [0.25, 0.3) is 5.97 Å². The Labute approximate surface area is 275 Å². The molecule has 2 heterocycles. The van der Waals surface area contributed by atoms with Crippen molar-refractivity contribution in [3.05, 3.63) is 11.6 Å². The molecule has 2 bridgehead atoms. The van der Waals surface area contributed by atoms with Gasteiger partial charge < -0.3 is 14.2 Å². The number of allylic oxidation sites excluding steroid dienone is 1. The second-order valence-electron chi connectivity index (χ2n) is 16.2. The van der Waals surface area contributed by atoms with E-state index in [0.717, 1.165) is 44.9 Å². The van der Waals surface area contributed by atoms with Crippen molar-refractivity contribution in [1.82, 2.24) is 0 Å². The van der Waals surface area contributed by atoms with Gasteiger partial charge in [-0.15, -0.1) is 0 Å². The Morgan fingerprint density at radius 1 is 0.935 bits per heavy atom.